The van der Waals surface area contributed by atoms with Crippen LogP contribution in [0.25, 0.3) is 10.9 Å². The molecule has 0 spiro atoms. The van der Waals surface area contributed by atoms with Crippen molar-refractivity contribution in [2.24, 2.45) is 0 Å². The molecule has 2 aliphatic rings. The number of carbonyl (C=O) groups excluding carboxylic acids is 3. The van der Waals surface area contributed by atoms with E-state index in [-0.39, 0.29) is 41.4 Å². The Morgan fingerprint density at radius 1 is 1.08 bits per heavy atom. The van der Waals surface area contributed by atoms with E-state index in [0.29, 0.717) is 22.6 Å². The van der Waals surface area contributed by atoms with Crippen molar-refractivity contribution in [1.29, 1.82) is 0 Å². The van der Waals surface area contributed by atoms with E-state index in [1.165, 1.54) is 40.5 Å². The van der Waals surface area contributed by atoms with Gasteiger partial charge in [-0.1, -0.05) is 12.1 Å². The first-order valence-electron chi connectivity index (χ1n) is 11.2. The minimum absolute atomic E-state index is 0.0194. The summed E-state index contributed by atoms with van der Waals surface area (Å²) in [6.45, 7) is 0.383. The highest BCUT2D eigenvalue weighted by Gasteiger charge is 2.30. The Hall–Kier alpha value is -5.00. The molecule has 2 aliphatic heterocycles. The molecule has 13 heteroatoms. The summed E-state index contributed by atoms with van der Waals surface area (Å²) in [4.78, 5) is 57.6. The summed E-state index contributed by atoms with van der Waals surface area (Å²) in [6, 6.07) is 11.2. The van der Waals surface area contributed by atoms with Gasteiger partial charge in [-0.05, 0) is 41.5 Å². The van der Waals surface area contributed by atoms with E-state index in [4.69, 9.17) is 9.47 Å². The maximum Gasteiger partial charge on any atom is 0.270 e. The van der Waals surface area contributed by atoms with E-state index in [9.17, 15) is 23.4 Å². The second-order valence-electron chi connectivity index (χ2n) is 8.54. The zero-order chi connectivity index (χ0) is 26.4. The molecule has 4 heterocycles. The first-order valence-corrected chi connectivity index (χ1v) is 12.8. The van der Waals surface area contributed by atoms with Gasteiger partial charge in [0.2, 0.25) is 12.0 Å². The van der Waals surface area contributed by atoms with Crippen LogP contribution in [0.1, 0.15) is 32.0 Å². The molecule has 190 valence electrons. The Morgan fingerprint density at radius 3 is 2.74 bits per heavy atom. The summed E-state index contributed by atoms with van der Waals surface area (Å²) in [7, 11) is -3.48. The van der Waals surface area contributed by atoms with E-state index in [1.54, 1.807) is 24.3 Å². The lowest BCUT2D eigenvalue weighted by Crippen LogP contribution is -2.25. The number of rotatable bonds is 5. The number of hydrogen-bond donors (Lipinski definition) is 2. The van der Waals surface area contributed by atoms with Crippen molar-refractivity contribution < 1.29 is 28.1 Å². The molecule has 38 heavy (non-hydrogen) atoms. The topological polar surface area (TPSA) is 159 Å². The lowest BCUT2D eigenvalue weighted by Gasteiger charge is -2.09. The van der Waals surface area contributed by atoms with E-state index < -0.39 is 27.1 Å². The molecular weight excluding hydrogens is 514 g/mol. The number of carbonyl (C=O) groups is 2. The maximum absolute atomic E-state index is 13.2. The quantitative estimate of drug-likeness (QED) is 0.356. The molecule has 2 aromatic heterocycles. The smallest absolute Gasteiger partial charge is 0.270 e. The Kier molecular flexibility index (Phi) is 5.44. The Morgan fingerprint density at radius 2 is 1.89 bits per heavy atom. The number of amides is 2. The molecule has 2 aromatic carbocycles. The van der Waals surface area contributed by atoms with Gasteiger partial charge in [0.15, 0.2) is 21.2 Å². The standard InChI is InChI=1S/C25H17N5O7S/c31-12-38(35)22-6-15(1-3-16(22)23(32)29-38)10-30-11-28-19-9-26-18(7-17(19)25(30)34)24(33)27-8-14-2-4-20-21(5-14)37-13-36-20/h1-7,9,11H,8,10,13H2,(H,27,33)(H,29,32,35). The van der Waals surface area contributed by atoms with Crippen LogP contribution in [-0.4, -0.2) is 42.6 Å². The van der Waals surface area contributed by atoms with Crippen molar-refractivity contribution in [3.05, 3.63) is 87.7 Å². The average molecular weight is 532 g/mol. The van der Waals surface area contributed by atoms with Crippen molar-refractivity contribution in [3.8, 4) is 11.5 Å². The summed E-state index contributed by atoms with van der Waals surface area (Å²) >= 11 is 0. The van der Waals surface area contributed by atoms with Crippen LogP contribution in [0.3, 0.4) is 0 Å². The summed E-state index contributed by atoms with van der Waals surface area (Å²) in [6.07, 6.45) is 2.67. The number of nitrogens with one attached hydrogen (secondary N) is 2. The molecule has 1 atom stereocenters. The third-order valence-corrected chi connectivity index (χ3v) is 7.80. The third kappa shape index (κ3) is 3.95. The van der Waals surface area contributed by atoms with E-state index in [0.717, 1.165) is 5.56 Å². The largest absolute Gasteiger partial charge is 0.454 e. The Balaban J connectivity index is 1.25. The minimum atomic E-state index is -3.48. The van der Waals surface area contributed by atoms with Gasteiger partial charge in [-0.25, -0.2) is 19.0 Å². The van der Waals surface area contributed by atoms with Crippen LogP contribution >= 0.6 is 0 Å². The molecule has 6 rings (SSSR count). The first kappa shape index (κ1) is 23.4. The van der Waals surface area contributed by atoms with E-state index in [1.807, 2.05) is 0 Å². The van der Waals surface area contributed by atoms with Crippen molar-refractivity contribution in [3.63, 3.8) is 0 Å². The maximum atomic E-state index is 13.2. The minimum Gasteiger partial charge on any atom is -0.454 e. The highest BCUT2D eigenvalue weighted by Crippen LogP contribution is 2.32. The molecule has 2 N–H and O–H groups in total. The van der Waals surface area contributed by atoms with Crippen LogP contribution in [-0.2, 0) is 27.6 Å². The molecule has 12 nitrogen and oxygen atoms in total. The van der Waals surface area contributed by atoms with Crippen LogP contribution in [0.5, 0.6) is 11.5 Å². The second kappa shape index (κ2) is 8.83. The summed E-state index contributed by atoms with van der Waals surface area (Å²) < 4.78 is 26.7. The third-order valence-electron chi connectivity index (χ3n) is 6.14. The molecule has 0 radical (unpaired) electrons. The fourth-order valence-electron chi connectivity index (χ4n) is 4.22. The van der Waals surface area contributed by atoms with Crippen LogP contribution in [0.4, 0.5) is 0 Å². The van der Waals surface area contributed by atoms with Crippen molar-refractivity contribution in [2.75, 3.05) is 6.79 Å². The van der Waals surface area contributed by atoms with Gasteiger partial charge in [-0.2, -0.15) is 0 Å². The van der Waals surface area contributed by atoms with Crippen LogP contribution in [0.2, 0.25) is 0 Å². The van der Waals surface area contributed by atoms with Crippen LogP contribution in [0, 0.1) is 0 Å². The van der Waals surface area contributed by atoms with Gasteiger partial charge in [0.25, 0.3) is 17.4 Å². The fourth-order valence-corrected chi connectivity index (χ4v) is 5.62. The van der Waals surface area contributed by atoms with Gasteiger partial charge in [-0.3, -0.25) is 23.7 Å². The molecule has 0 saturated heterocycles. The molecule has 2 amide bonds. The van der Waals surface area contributed by atoms with Crippen LogP contribution in [0.15, 0.2) is 64.7 Å². The molecule has 0 saturated carbocycles. The number of aromatic nitrogens is 3. The highest BCUT2D eigenvalue weighted by atomic mass is 32.2. The SMILES string of the molecule is O=C=S1(=O)NC(=O)c2ccc(Cn3cnc4cnc(C(=O)NCc5ccc6c(c5)OCO6)cc4c3=O)cc21. The van der Waals surface area contributed by atoms with Gasteiger partial charge in [0, 0.05) is 6.54 Å². The number of pyridine rings is 1. The second-order valence-corrected chi connectivity index (χ2v) is 10.5. The monoisotopic (exact) mass is 531 g/mol. The summed E-state index contributed by atoms with van der Waals surface area (Å²) in [5.41, 5.74) is 1.35. The molecule has 0 aliphatic carbocycles. The van der Waals surface area contributed by atoms with E-state index in [2.05, 4.69) is 20.0 Å². The first-order chi connectivity index (χ1) is 18.3. The summed E-state index contributed by atoms with van der Waals surface area (Å²) in [5.74, 6) is 0.141. The van der Waals surface area contributed by atoms with Gasteiger partial charge >= 0.3 is 0 Å². The summed E-state index contributed by atoms with van der Waals surface area (Å²) in [5, 5.41) is 4.36. The fraction of sp³-hybridized carbons (Fsp3) is 0.120. The number of ether oxygens (including phenoxy) is 2. The van der Waals surface area contributed by atoms with Crippen LogP contribution < -0.4 is 25.1 Å². The molecule has 0 fully saturated rings. The number of fused-ring (bicyclic) bond motifs is 3. The van der Waals surface area contributed by atoms with Crippen molar-refractivity contribution in [2.45, 2.75) is 18.0 Å². The lowest BCUT2D eigenvalue weighted by molar-refractivity contribution is 0.0944. The van der Waals surface area contributed by atoms with Gasteiger partial charge in [0.1, 0.15) is 5.69 Å². The number of hydrogen-bond acceptors (Lipinski definition) is 9. The molecule has 4 aromatic rings. The Labute approximate surface area is 214 Å². The number of benzene rings is 2. The number of nitrogens with zero attached hydrogens (tertiary/aromatic N) is 3. The Bertz CT molecular complexity index is 1890. The zero-order valence-electron chi connectivity index (χ0n) is 19.4. The van der Waals surface area contributed by atoms with E-state index >= 15 is 0 Å². The lowest BCUT2D eigenvalue weighted by atomic mass is 10.1. The van der Waals surface area contributed by atoms with Gasteiger partial charge in [-0.15, -0.1) is 0 Å². The highest BCUT2D eigenvalue weighted by molar-refractivity contribution is 8.00. The van der Waals surface area contributed by atoms with Crippen molar-refractivity contribution >= 4 is 37.7 Å². The van der Waals surface area contributed by atoms with Crippen molar-refractivity contribution in [1.82, 2.24) is 24.6 Å². The molecule has 1 unspecified atom stereocenters. The predicted molar refractivity (Wildman–Crippen MR) is 133 cm³/mol. The zero-order valence-corrected chi connectivity index (χ0v) is 20.2. The van der Waals surface area contributed by atoms with Gasteiger partial charge < -0.3 is 14.8 Å². The normalized spacial score (nSPS) is 17.1. The van der Waals surface area contributed by atoms with Gasteiger partial charge in [0.05, 0.1) is 40.4 Å². The molecular formula is C25H17N5O7S. The predicted octanol–water partition coefficient (Wildman–Crippen LogP) is 0.867. The molecule has 0 bridgehead atoms. The average Bonchev–Trinajstić information content (AvgIpc) is 3.50.